The number of hydrogen-bond donors (Lipinski definition) is 1. The Morgan fingerprint density at radius 1 is 1.21 bits per heavy atom. The molecular formula is C14H14N4O. The fraction of sp³-hybridized carbons (Fsp3) is 0.357. The Morgan fingerprint density at radius 2 is 1.95 bits per heavy atom. The Hall–Kier alpha value is -2.19. The number of aromatic nitrogens is 3. The van der Waals surface area contributed by atoms with Crippen molar-refractivity contribution in [2.45, 2.75) is 18.4 Å². The second-order valence-electron chi connectivity index (χ2n) is 4.63. The molecule has 0 unspecified atom stereocenters. The molecule has 3 rings (SSSR count). The molecule has 0 radical (unpaired) electrons. The number of hydrogen-bond acceptors (Lipinski definition) is 3. The molecule has 19 heavy (non-hydrogen) atoms. The lowest BCUT2D eigenvalue weighted by Crippen LogP contribution is -2.31. The van der Waals surface area contributed by atoms with Crippen LogP contribution in [0.5, 0.6) is 0 Å². The smallest absolute Gasteiger partial charge is 0.294 e. The monoisotopic (exact) mass is 254 g/mol. The van der Waals surface area contributed by atoms with Crippen LogP contribution in [0, 0.1) is 6.57 Å². The van der Waals surface area contributed by atoms with Crippen LogP contribution in [0.1, 0.15) is 18.7 Å². The molecule has 0 spiro atoms. The molecule has 1 aliphatic rings. The Labute approximate surface area is 111 Å². The molecule has 1 fully saturated rings. The maximum absolute atomic E-state index is 7.48. The molecule has 5 nitrogen and oxygen atoms in total. The van der Waals surface area contributed by atoms with Crippen molar-refractivity contribution >= 4 is 0 Å². The van der Waals surface area contributed by atoms with Crippen molar-refractivity contribution in [1.29, 1.82) is 0 Å². The zero-order valence-electron chi connectivity index (χ0n) is 10.5. The number of ether oxygens (including phenoxy) is 1. The SMILES string of the molecule is [C-]#[N+]C1(c2nc(-c3ccccc3)n[nH]2)CCOCC1. The number of rotatable bonds is 2. The van der Waals surface area contributed by atoms with E-state index in [2.05, 4.69) is 20.0 Å². The Balaban J connectivity index is 1.95. The van der Waals surface area contributed by atoms with Crippen LogP contribution in [0.2, 0.25) is 0 Å². The molecule has 1 aliphatic heterocycles. The van der Waals surface area contributed by atoms with Gasteiger partial charge in [-0.3, -0.25) is 5.10 Å². The highest BCUT2D eigenvalue weighted by Crippen LogP contribution is 2.34. The van der Waals surface area contributed by atoms with Crippen molar-refractivity contribution in [3.05, 3.63) is 47.6 Å². The van der Waals surface area contributed by atoms with Crippen molar-refractivity contribution in [1.82, 2.24) is 15.2 Å². The van der Waals surface area contributed by atoms with Crippen LogP contribution >= 0.6 is 0 Å². The molecule has 5 heteroatoms. The van der Waals surface area contributed by atoms with E-state index in [9.17, 15) is 0 Å². The summed E-state index contributed by atoms with van der Waals surface area (Å²) in [4.78, 5) is 8.30. The maximum atomic E-state index is 7.48. The number of nitrogens with zero attached hydrogens (tertiary/aromatic N) is 3. The van der Waals surface area contributed by atoms with Crippen molar-refractivity contribution in [3.63, 3.8) is 0 Å². The van der Waals surface area contributed by atoms with Crippen LogP contribution in [0.3, 0.4) is 0 Å². The Bertz CT molecular complexity index is 593. The minimum atomic E-state index is -0.599. The first kappa shape index (κ1) is 11.9. The van der Waals surface area contributed by atoms with Gasteiger partial charge in [0.15, 0.2) is 5.82 Å². The van der Waals surface area contributed by atoms with E-state index in [0.29, 0.717) is 37.7 Å². The van der Waals surface area contributed by atoms with E-state index in [-0.39, 0.29) is 0 Å². The van der Waals surface area contributed by atoms with Gasteiger partial charge in [0, 0.05) is 5.56 Å². The fourth-order valence-electron chi connectivity index (χ4n) is 2.30. The topological polar surface area (TPSA) is 55.2 Å². The van der Waals surface area contributed by atoms with E-state index in [0.717, 1.165) is 5.56 Å². The van der Waals surface area contributed by atoms with Crippen LogP contribution < -0.4 is 0 Å². The van der Waals surface area contributed by atoms with Gasteiger partial charge in [0.1, 0.15) is 0 Å². The normalized spacial score (nSPS) is 17.8. The summed E-state index contributed by atoms with van der Waals surface area (Å²) < 4.78 is 5.33. The molecule has 1 saturated heterocycles. The van der Waals surface area contributed by atoms with Crippen LogP contribution in [0.15, 0.2) is 30.3 Å². The molecular weight excluding hydrogens is 240 g/mol. The molecule has 2 heterocycles. The first-order valence-corrected chi connectivity index (χ1v) is 6.29. The van der Waals surface area contributed by atoms with Crippen molar-refractivity contribution in [2.24, 2.45) is 0 Å². The van der Waals surface area contributed by atoms with Gasteiger partial charge in [-0.2, -0.15) is 5.10 Å². The molecule has 1 N–H and O–H groups in total. The molecule has 0 saturated carbocycles. The van der Waals surface area contributed by atoms with E-state index in [4.69, 9.17) is 11.3 Å². The van der Waals surface area contributed by atoms with Crippen LogP contribution in [0.4, 0.5) is 0 Å². The van der Waals surface area contributed by atoms with Crippen molar-refractivity contribution in [3.8, 4) is 11.4 Å². The molecule has 96 valence electrons. The second kappa shape index (κ2) is 4.82. The van der Waals surface area contributed by atoms with Crippen LogP contribution in [-0.2, 0) is 10.3 Å². The van der Waals surface area contributed by atoms with Gasteiger partial charge in [-0.1, -0.05) is 30.3 Å². The van der Waals surface area contributed by atoms with E-state index in [1.54, 1.807) is 0 Å². The van der Waals surface area contributed by atoms with E-state index >= 15 is 0 Å². The average molecular weight is 254 g/mol. The quantitative estimate of drug-likeness (QED) is 0.837. The minimum Gasteiger partial charge on any atom is -0.381 e. The summed E-state index contributed by atoms with van der Waals surface area (Å²) in [5.74, 6) is 1.30. The van der Waals surface area contributed by atoms with Gasteiger partial charge in [-0.15, -0.1) is 0 Å². The largest absolute Gasteiger partial charge is 0.381 e. The highest BCUT2D eigenvalue weighted by molar-refractivity contribution is 5.54. The molecule has 0 bridgehead atoms. The summed E-state index contributed by atoms with van der Waals surface area (Å²) in [7, 11) is 0. The second-order valence-corrected chi connectivity index (χ2v) is 4.63. The first-order chi connectivity index (χ1) is 9.34. The predicted octanol–water partition coefficient (Wildman–Crippen LogP) is 2.40. The predicted molar refractivity (Wildman–Crippen MR) is 70.2 cm³/mol. The summed E-state index contributed by atoms with van der Waals surface area (Å²) >= 11 is 0. The zero-order valence-corrected chi connectivity index (χ0v) is 10.5. The van der Waals surface area contributed by atoms with Crippen molar-refractivity contribution in [2.75, 3.05) is 13.2 Å². The van der Waals surface area contributed by atoms with Gasteiger partial charge < -0.3 is 9.58 Å². The average Bonchev–Trinajstić information content (AvgIpc) is 2.99. The third-order valence-corrected chi connectivity index (χ3v) is 3.49. The summed E-state index contributed by atoms with van der Waals surface area (Å²) in [6.45, 7) is 8.68. The lowest BCUT2D eigenvalue weighted by Gasteiger charge is -2.23. The number of H-pyrrole nitrogens is 1. The summed E-state index contributed by atoms with van der Waals surface area (Å²) in [6, 6.07) is 9.77. The lowest BCUT2D eigenvalue weighted by atomic mass is 9.90. The lowest BCUT2D eigenvalue weighted by molar-refractivity contribution is 0.0622. The van der Waals surface area contributed by atoms with Gasteiger partial charge in [0.25, 0.3) is 5.54 Å². The van der Waals surface area contributed by atoms with Gasteiger partial charge in [0.2, 0.25) is 5.82 Å². The molecule has 2 aromatic rings. The van der Waals surface area contributed by atoms with Crippen LogP contribution in [0.25, 0.3) is 16.2 Å². The molecule has 0 atom stereocenters. The van der Waals surface area contributed by atoms with Gasteiger partial charge in [-0.05, 0) is 0 Å². The van der Waals surface area contributed by atoms with E-state index in [1.165, 1.54) is 0 Å². The number of aromatic amines is 1. The number of benzene rings is 1. The Kier molecular flexibility index (Phi) is 3.02. The molecule has 0 amide bonds. The minimum absolute atomic E-state index is 0.599. The summed E-state index contributed by atoms with van der Waals surface area (Å²) in [5, 5.41) is 7.17. The molecule has 1 aromatic carbocycles. The Morgan fingerprint density at radius 3 is 2.63 bits per heavy atom. The first-order valence-electron chi connectivity index (χ1n) is 6.29. The zero-order chi connectivity index (χ0) is 13.1. The van der Waals surface area contributed by atoms with Crippen molar-refractivity contribution < 1.29 is 4.74 Å². The third kappa shape index (κ3) is 2.11. The van der Waals surface area contributed by atoms with Crippen LogP contribution in [-0.4, -0.2) is 28.4 Å². The van der Waals surface area contributed by atoms with Gasteiger partial charge >= 0.3 is 0 Å². The standard InChI is InChI=1S/C14H14N4O/c1-15-14(7-9-19-10-8-14)13-16-12(17-18-13)11-5-3-2-4-6-11/h2-6H,7-10H2,(H,16,17,18). The molecule has 1 aromatic heterocycles. The maximum Gasteiger partial charge on any atom is 0.294 e. The highest BCUT2D eigenvalue weighted by Gasteiger charge is 2.44. The summed E-state index contributed by atoms with van der Waals surface area (Å²) in [5.41, 5.74) is 0.357. The third-order valence-electron chi connectivity index (χ3n) is 3.49. The fourth-order valence-corrected chi connectivity index (χ4v) is 2.30. The van der Waals surface area contributed by atoms with E-state index in [1.807, 2.05) is 30.3 Å². The highest BCUT2D eigenvalue weighted by atomic mass is 16.5. The van der Waals surface area contributed by atoms with E-state index < -0.39 is 5.54 Å². The van der Waals surface area contributed by atoms with Gasteiger partial charge in [-0.25, -0.2) is 11.6 Å². The molecule has 0 aliphatic carbocycles. The summed E-state index contributed by atoms with van der Waals surface area (Å²) in [6.07, 6.45) is 1.33. The van der Waals surface area contributed by atoms with Gasteiger partial charge in [0.05, 0.1) is 26.1 Å². The number of nitrogens with one attached hydrogen (secondary N) is 1.